The van der Waals surface area contributed by atoms with Gasteiger partial charge in [0.25, 0.3) is 0 Å². The molecule has 2 aromatic carbocycles. The lowest BCUT2D eigenvalue weighted by Gasteiger charge is -2.04. The van der Waals surface area contributed by atoms with Crippen LogP contribution in [0.4, 0.5) is 5.95 Å². The molecule has 0 aliphatic heterocycles. The van der Waals surface area contributed by atoms with Gasteiger partial charge < -0.3 is 13.8 Å². The topological polar surface area (TPSA) is 95.1 Å². The zero-order valence-corrected chi connectivity index (χ0v) is 17.3. The number of hydrogen-bond donors (Lipinski definition) is 1. The number of carbonyl (C=O) groups is 1. The Morgan fingerprint density at radius 3 is 2.77 bits per heavy atom. The average molecular weight is 426 g/mol. The highest BCUT2D eigenvalue weighted by molar-refractivity contribution is 6.31. The Balaban J connectivity index is 1.32. The van der Waals surface area contributed by atoms with Crippen molar-refractivity contribution in [3.05, 3.63) is 53.4 Å². The first kappa shape index (κ1) is 19.9. The highest BCUT2D eigenvalue weighted by Gasteiger charge is 2.13. The first-order chi connectivity index (χ1) is 14.5. The smallest absolute Gasteiger partial charge is 0.226 e. The quantitative estimate of drug-likeness (QED) is 0.475. The number of hydrogen-bond acceptors (Lipinski definition) is 6. The van der Waals surface area contributed by atoms with Gasteiger partial charge >= 0.3 is 0 Å². The van der Waals surface area contributed by atoms with Gasteiger partial charge in [0.15, 0.2) is 0 Å². The van der Waals surface area contributed by atoms with E-state index in [2.05, 4.69) is 20.4 Å². The van der Waals surface area contributed by atoms with Crippen LogP contribution >= 0.6 is 11.6 Å². The van der Waals surface area contributed by atoms with Crippen molar-refractivity contribution < 1.29 is 14.1 Å². The van der Waals surface area contributed by atoms with Crippen molar-refractivity contribution in [3.8, 4) is 17.1 Å². The largest absolute Gasteiger partial charge is 0.497 e. The fourth-order valence-electron chi connectivity index (χ4n) is 3.09. The number of benzene rings is 2. The van der Waals surface area contributed by atoms with Crippen molar-refractivity contribution in [2.24, 2.45) is 7.05 Å². The molecule has 4 rings (SSSR count). The fraction of sp³-hybridized carbons (Fsp3) is 0.238. The third-order valence-electron chi connectivity index (χ3n) is 4.70. The number of aryl methyl sites for hydroxylation is 2. The number of nitrogens with zero attached hydrogens (tertiary/aromatic N) is 4. The maximum atomic E-state index is 12.3. The maximum absolute atomic E-state index is 12.3. The molecule has 0 aliphatic carbocycles. The summed E-state index contributed by atoms with van der Waals surface area (Å²) in [7, 11) is 3.46. The molecule has 0 spiro atoms. The molecule has 0 saturated carbocycles. The van der Waals surface area contributed by atoms with Crippen molar-refractivity contribution >= 4 is 34.5 Å². The molecule has 4 aromatic rings. The zero-order chi connectivity index (χ0) is 21.1. The van der Waals surface area contributed by atoms with Crippen LogP contribution in [0.25, 0.3) is 22.4 Å². The van der Waals surface area contributed by atoms with Crippen LogP contribution in [-0.4, -0.2) is 32.7 Å². The molecule has 0 radical (unpaired) electrons. The number of fused-ring (bicyclic) bond motifs is 1. The number of nitrogens with one attached hydrogen (secondary N) is 1. The fourth-order valence-corrected chi connectivity index (χ4v) is 3.25. The molecule has 1 amide bonds. The summed E-state index contributed by atoms with van der Waals surface area (Å²) < 4.78 is 12.3. The van der Waals surface area contributed by atoms with Crippen molar-refractivity contribution in [2.45, 2.75) is 19.3 Å². The van der Waals surface area contributed by atoms with Gasteiger partial charge in [-0.05, 0) is 48.9 Å². The number of anilines is 1. The third kappa shape index (κ3) is 4.28. The van der Waals surface area contributed by atoms with E-state index in [-0.39, 0.29) is 5.91 Å². The van der Waals surface area contributed by atoms with Crippen molar-refractivity contribution in [1.29, 1.82) is 0 Å². The molecule has 8 nitrogen and oxygen atoms in total. The van der Waals surface area contributed by atoms with Crippen LogP contribution in [0.5, 0.6) is 5.75 Å². The summed E-state index contributed by atoms with van der Waals surface area (Å²) in [5, 5.41) is 7.44. The van der Waals surface area contributed by atoms with Crippen molar-refractivity contribution in [1.82, 2.24) is 19.7 Å². The summed E-state index contributed by atoms with van der Waals surface area (Å²) >= 11 is 6.01. The monoisotopic (exact) mass is 425 g/mol. The highest BCUT2D eigenvalue weighted by atomic mass is 35.5. The Morgan fingerprint density at radius 1 is 1.20 bits per heavy atom. The number of ether oxygens (including phenoxy) is 1. The lowest BCUT2D eigenvalue weighted by molar-refractivity contribution is -0.116. The summed E-state index contributed by atoms with van der Waals surface area (Å²) in [5.41, 5.74) is 2.47. The van der Waals surface area contributed by atoms with Gasteiger partial charge in [0, 0.05) is 30.5 Å². The Morgan fingerprint density at radius 2 is 2.00 bits per heavy atom. The van der Waals surface area contributed by atoms with Gasteiger partial charge in [0.2, 0.25) is 23.6 Å². The Kier molecular flexibility index (Phi) is 5.67. The van der Waals surface area contributed by atoms with Gasteiger partial charge in [-0.25, -0.2) is 4.98 Å². The number of halogens is 1. The van der Waals surface area contributed by atoms with Gasteiger partial charge in [-0.3, -0.25) is 10.1 Å². The number of rotatable bonds is 7. The van der Waals surface area contributed by atoms with E-state index in [1.807, 2.05) is 41.9 Å². The predicted octanol–water partition coefficient (Wildman–Crippen LogP) is 4.25. The predicted molar refractivity (Wildman–Crippen MR) is 114 cm³/mol. The second-order valence-corrected chi connectivity index (χ2v) is 7.21. The molecule has 2 aromatic heterocycles. The van der Waals surface area contributed by atoms with E-state index < -0.39 is 0 Å². The second kappa shape index (κ2) is 8.54. The number of methoxy groups -OCH3 is 1. The number of amides is 1. The number of carbonyl (C=O) groups excluding carboxylic acids is 1. The van der Waals surface area contributed by atoms with Crippen molar-refractivity contribution in [2.75, 3.05) is 12.4 Å². The molecule has 0 fully saturated rings. The molecule has 0 unspecified atom stereocenters. The Hall–Kier alpha value is -3.39. The first-order valence-corrected chi connectivity index (χ1v) is 9.80. The van der Waals surface area contributed by atoms with Crippen LogP contribution in [0.3, 0.4) is 0 Å². The van der Waals surface area contributed by atoms with E-state index in [9.17, 15) is 4.79 Å². The van der Waals surface area contributed by atoms with Crippen LogP contribution < -0.4 is 10.1 Å². The zero-order valence-electron chi connectivity index (χ0n) is 16.6. The molecule has 0 bridgehead atoms. The van der Waals surface area contributed by atoms with Gasteiger partial charge in [-0.2, -0.15) is 4.98 Å². The molecule has 0 aliphatic rings. The lowest BCUT2D eigenvalue weighted by Crippen LogP contribution is -2.14. The van der Waals surface area contributed by atoms with Gasteiger partial charge in [0.1, 0.15) is 5.75 Å². The molecule has 9 heteroatoms. The van der Waals surface area contributed by atoms with Gasteiger partial charge in [0.05, 0.1) is 18.1 Å². The molecule has 1 N–H and O–H groups in total. The molecular weight excluding hydrogens is 406 g/mol. The number of aromatic nitrogens is 4. The van der Waals surface area contributed by atoms with E-state index >= 15 is 0 Å². The minimum atomic E-state index is -0.130. The Labute approximate surface area is 177 Å². The summed E-state index contributed by atoms with van der Waals surface area (Å²) in [4.78, 5) is 21.1. The van der Waals surface area contributed by atoms with Crippen LogP contribution in [-0.2, 0) is 18.3 Å². The molecule has 154 valence electrons. The summed E-state index contributed by atoms with van der Waals surface area (Å²) in [6.45, 7) is 0. The normalized spacial score (nSPS) is 11.0. The van der Waals surface area contributed by atoms with Crippen LogP contribution in [0.2, 0.25) is 5.02 Å². The van der Waals surface area contributed by atoms with E-state index in [0.29, 0.717) is 41.9 Å². The standard InChI is InChI=1S/C21H20ClN5O3/c1-27-17-11-8-14(22)12-16(17)23-21(27)24-18(28)4-3-5-19-25-20(26-30-19)13-6-9-15(29-2)10-7-13/h6-12H,3-5H2,1-2H3,(H,23,24,28). The maximum Gasteiger partial charge on any atom is 0.226 e. The minimum absolute atomic E-state index is 0.130. The van der Waals surface area contributed by atoms with E-state index in [1.54, 1.807) is 19.2 Å². The molecule has 30 heavy (non-hydrogen) atoms. The number of imidazole rings is 1. The summed E-state index contributed by atoms with van der Waals surface area (Å²) in [6.07, 6.45) is 1.39. The second-order valence-electron chi connectivity index (χ2n) is 6.77. The summed E-state index contributed by atoms with van der Waals surface area (Å²) in [6, 6.07) is 12.8. The molecule has 0 atom stereocenters. The van der Waals surface area contributed by atoms with Crippen LogP contribution in [0.15, 0.2) is 47.0 Å². The van der Waals surface area contributed by atoms with Crippen LogP contribution in [0, 0.1) is 0 Å². The minimum Gasteiger partial charge on any atom is -0.497 e. The lowest BCUT2D eigenvalue weighted by atomic mass is 10.2. The average Bonchev–Trinajstić information content (AvgIpc) is 3.33. The molecular formula is C21H20ClN5O3. The highest BCUT2D eigenvalue weighted by Crippen LogP contribution is 2.22. The SMILES string of the molecule is COc1ccc(-c2noc(CCCC(=O)Nc3nc4cc(Cl)ccc4n3C)n2)cc1. The van der Waals surface area contributed by atoms with Gasteiger partial charge in [-0.1, -0.05) is 16.8 Å². The molecule has 2 heterocycles. The summed E-state index contributed by atoms with van der Waals surface area (Å²) in [5.74, 6) is 2.12. The van der Waals surface area contributed by atoms with Crippen LogP contribution in [0.1, 0.15) is 18.7 Å². The van der Waals surface area contributed by atoms with Gasteiger partial charge in [-0.15, -0.1) is 0 Å². The molecule has 0 saturated heterocycles. The third-order valence-corrected chi connectivity index (χ3v) is 4.94. The first-order valence-electron chi connectivity index (χ1n) is 9.42. The Bertz CT molecular complexity index is 1180. The van der Waals surface area contributed by atoms with E-state index in [0.717, 1.165) is 22.3 Å². The van der Waals surface area contributed by atoms with Crippen molar-refractivity contribution in [3.63, 3.8) is 0 Å². The van der Waals surface area contributed by atoms with E-state index in [4.69, 9.17) is 20.9 Å². The van der Waals surface area contributed by atoms with E-state index in [1.165, 1.54) is 0 Å².